The topological polar surface area (TPSA) is 32.3 Å². The normalized spacial score (nSPS) is 15.8. The fourth-order valence-electron chi connectivity index (χ4n) is 1.54. The SMILES string of the molecule is O=C(Nc1ccc(F)c(Br)c1)N1CCSCC1. The molecule has 0 bridgehead atoms. The molecule has 1 aromatic rings. The van der Waals surface area contributed by atoms with Crippen LogP contribution in [0.25, 0.3) is 0 Å². The number of hydrogen-bond acceptors (Lipinski definition) is 2. The van der Waals surface area contributed by atoms with E-state index in [4.69, 9.17) is 0 Å². The Balaban J connectivity index is 1.99. The fraction of sp³-hybridized carbons (Fsp3) is 0.364. The highest BCUT2D eigenvalue weighted by Crippen LogP contribution is 2.20. The minimum Gasteiger partial charge on any atom is -0.323 e. The smallest absolute Gasteiger partial charge is 0.321 e. The van der Waals surface area contributed by atoms with Crippen LogP contribution < -0.4 is 5.32 Å². The maximum atomic E-state index is 13.0. The lowest BCUT2D eigenvalue weighted by atomic mass is 10.3. The Morgan fingerprint density at radius 3 is 2.76 bits per heavy atom. The number of hydrogen-bond donors (Lipinski definition) is 1. The summed E-state index contributed by atoms with van der Waals surface area (Å²) in [6, 6.07) is 4.32. The molecule has 6 heteroatoms. The van der Waals surface area contributed by atoms with Gasteiger partial charge in [-0.1, -0.05) is 0 Å². The van der Waals surface area contributed by atoms with Crippen LogP contribution in [0.4, 0.5) is 14.9 Å². The standard InChI is InChI=1S/C11H12BrFN2OS/c12-9-7-8(1-2-10(9)13)14-11(16)15-3-5-17-6-4-15/h1-2,7H,3-6H2,(H,14,16). The Morgan fingerprint density at radius 1 is 1.41 bits per heavy atom. The molecule has 1 aliphatic heterocycles. The summed E-state index contributed by atoms with van der Waals surface area (Å²) in [5.41, 5.74) is 0.599. The van der Waals surface area contributed by atoms with Crippen LogP contribution in [0.15, 0.2) is 22.7 Å². The molecule has 1 saturated heterocycles. The molecule has 92 valence electrons. The van der Waals surface area contributed by atoms with Crippen molar-refractivity contribution >= 4 is 39.4 Å². The Morgan fingerprint density at radius 2 is 2.12 bits per heavy atom. The number of nitrogens with zero attached hydrogens (tertiary/aromatic N) is 1. The van der Waals surface area contributed by atoms with E-state index in [0.29, 0.717) is 10.2 Å². The van der Waals surface area contributed by atoms with Crippen LogP contribution in [0.1, 0.15) is 0 Å². The third-order valence-corrected chi connectivity index (χ3v) is 4.02. The van der Waals surface area contributed by atoms with E-state index in [1.54, 1.807) is 17.0 Å². The van der Waals surface area contributed by atoms with Crippen molar-refractivity contribution in [2.45, 2.75) is 0 Å². The molecule has 3 nitrogen and oxygen atoms in total. The number of carbonyl (C=O) groups excluding carboxylic acids is 1. The number of amides is 2. The Bertz CT molecular complexity index is 424. The number of rotatable bonds is 1. The molecule has 2 rings (SSSR count). The minimum absolute atomic E-state index is 0.121. The van der Waals surface area contributed by atoms with Crippen molar-refractivity contribution in [3.8, 4) is 0 Å². The van der Waals surface area contributed by atoms with E-state index in [1.807, 2.05) is 11.8 Å². The summed E-state index contributed by atoms with van der Waals surface area (Å²) in [6.45, 7) is 1.53. The molecule has 17 heavy (non-hydrogen) atoms. The fourth-order valence-corrected chi connectivity index (χ4v) is 2.82. The monoisotopic (exact) mass is 318 g/mol. The van der Waals surface area contributed by atoms with Gasteiger partial charge in [-0.25, -0.2) is 9.18 Å². The molecule has 2 amide bonds. The van der Waals surface area contributed by atoms with Crippen molar-refractivity contribution in [2.24, 2.45) is 0 Å². The van der Waals surface area contributed by atoms with E-state index in [1.165, 1.54) is 6.07 Å². The van der Waals surface area contributed by atoms with Crippen molar-refractivity contribution in [1.29, 1.82) is 0 Å². The van der Waals surface area contributed by atoms with Gasteiger partial charge in [0.25, 0.3) is 0 Å². The van der Waals surface area contributed by atoms with Gasteiger partial charge in [0, 0.05) is 30.3 Å². The van der Waals surface area contributed by atoms with Gasteiger partial charge >= 0.3 is 6.03 Å². The number of benzene rings is 1. The van der Waals surface area contributed by atoms with E-state index in [0.717, 1.165) is 24.6 Å². The van der Waals surface area contributed by atoms with Crippen LogP contribution in [0.5, 0.6) is 0 Å². The predicted molar refractivity (Wildman–Crippen MR) is 72.0 cm³/mol. The highest BCUT2D eigenvalue weighted by atomic mass is 79.9. The van der Waals surface area contributed by atoms with E-state index >= 15 is 0 Å². The molecule has 0 aromatic heterocycles. The molecule has 0 saturated carbocycles. The average molecular weight is 319 g/mol. The summed E-state index contributed by atoms with van der Waals surface area (Å²) in [6.07, 6.45) is 0. The van der Waals surface area contributed by atoms with Gasteiger partial charge in [-0.2, -0.15) is 11.8 Å². The highest BCUT2D eigenvalue weighted by Gasteiger charge is 2.16. The zero-order chi connectivity index (χ0) is 12.3. The highest BCUT2D eigenvalue weighted by molar-refractivity contribution is 9.10. The van der Waals surface area contributed by atoms with Gasteiger partial charge in [-0.05, 0) is 34.1 Å². The van der Waals surface area contributed by atoms with Gasteiger partial charge in [-0.3, -0.25) is 0 Å². The maximum Gasteiger partial charge on any atom is 0.321 e. The van der Waals surface area contributed by atoms with Crippen LogP contribution in [-0.2, 0) is 0 Å². The van der Waals surface area contributed by atoms with Gasteiger partial charge in [0.05, 0.1) is 4.47 Å². The minimum atomic E-state index is -0.336. The number of urea groups is 1. The number of halogens is 2. The Hall–Kier alpha value is -0.750. The number of carbonyl (C=O) groups is 1. The van der Waals surface area contributed by atoms with Crippen LogP contribution in [0, 0.1) is 5.82 Å². The molecule has 1 fully saturated rings. The Kier molecular flexibility index (Phi) is 4.28. The van der Waals surface area contributed by atoms with Gasteiger partial charge in [0.15, 0.2) is 0 Å². The van der Waals surface area contributed by atoms with Gasteiger partial charge < -0.3 is 10.2 Å². The molecule has 1 heterocycles. The summed E-state index contributed by atoms with van der Waals surface area (Å²) in [5.74, 6) is 1.61. The van der Waals surface area contributed by atoms with Crippen molar-refractivity contribution in [3.05, 3.63) is 28.5 Å². The molecule has 0 radical (unpaired) electrons. The summed E-state index contributed by atoms with van der Waals surface area (Å²) < 4.78 is 13.4. The maximum absolute atomic E-state index is 13.0. The van der Waals surface area contributed by atoms with E-state index in [9.17, 15) is 9.18 Å². The summed E-state index contributed by atoms with van der Waals surface area (Å²) in [5, 5.41) is 2.76. The van der Waals surface area contributed by atoms with Crippen LogP contribution in [0.3, 0.4) is 0 Å². The molecule has 0 atom stereocenters. The first-order valence-electron chi connectivity index (χ1n) is 5.25. The molecule has 1 aliphatic rings. The van der Waals surface area contributed by atoms with E-state index in [2.05, 4.69) is 21.2 Å². The van der Waals surface area contributed by atoms with Gasteiger partial charge in [0.2, 0.25) is 0 Å². The first-order chi connectivity index (χ1) is 8.16. The van der Waals surface area contributed by atoms with E-state index < -0.39 is 0 Å². The third-order valence-electron chi connectivity index (χ3n) is 2.47. The summed E-state index contributed by atoms with van der Waals surface area (Å²) >= 11 is 4.94. The third kappa shape index (κ3) is 3.35. The zero-order valence-electron chi connectivity index (χ0n) is 9.08. The largest absolute Gasteiger partial charge is 0.323 e. The predicted octanol–water partition coefficient (Wildman–Crippen LogP) is 3.17. The average Bonchev–Trinajstić information content (AvgIpc) is 2.35. The van der Waals surface area contributed by atoms with Gasteiger partial charge in [-0.15, -0.1) is 0 Å². The van der Waals surface area contributed by atoms with Crippen molar-refractivity contribution in [1.82, 2.24) is 4.90 Å². The molecule has 0 aliphatic carbocycles. The second kappa shape index (κ2) is 5.73. The number of nitrogens with one attached hydrogen (secondary N) is 1. The molecule has 0 unspecified atom stereocenters. The van der Waals surface area contributed by atoms with Crippen LogP contribution in [-0.4, -0.2) is 35.5 Å². The zero-order valence-corrected chi connectivity index (χ0v) is 11.5. The lowest BCUT2D eigenvalue weighted by Gasteiger charge is -2.26. The molecular formula is C11H12BrFN2OS. The lowest BCUT2D eigenvalue weighted by molar-refractivity contribution is 0.217. The van der Waals surface area contributed by atoms with Crippen molar-refractivity contribution in [2.75, 3.05) is 29.9 Å². The quantitative estimate of drug-likeness (QED) is 0.862. The van der Waals surface area contributed by atoms with Crippen molar-refractivity contribution < 1.29 is 9.18 Å². The van der Waals surface area contributed by atoms with Crippen molar-refractivity contribution in [3.63, 3.8) is 0 Å². The van der Waals surface area contributed by atoms with Crippen LogP contribution >= 0.6 is 27.7 Å². The van der Waals surface area contributed by atoms with E-state index in [-0.39, 0.29) is 11.8 Å². The Labute approximate surface area is 112 Å². The van der Waals surface area contributed by atoms with Gasteiger partial charge in [0.1, 0.15) is 5.82 Å². The molecule has 1 aromatic carbocycles. The van der Waals surface area contributed by atoms with Crippen LogP contribution in [0.2, 0.25) is 0 Å². The summed E-state index contributed by atoms with van der Waals surface area (Å²) in [4.78, 5) is 13.6. The first-order valence-corrected chi connectivity index (χ1v) is 7.20. The first kappa shape index (κ1) is 12.7. The molecular weight excluding hydrogens is 307 g/mol. The number of thioether (sulfide) groups is 1. The number of anilines is 1. The summed E-state index contributed by atoms with van der Waals surface area (Å²) in [7, 11) is 0. The second-order valence-electron chi connectivity index (χ2n) is 3.66. The second-order valence-corrected chi connectivity index (χ2v) is 5.74. The molecule has 1 N–H and O–H groups in total. The molecule has 0 spiro atoms. The lowest BCUT2D eigenvalue weighted by Crippen LogP contribution is -2.40.